The van der Waals surface area contributed by atoms with Gasteiger partial charge in [-0.3, -0.25) is 24.0 Å². The first kappa shape index (κ1) is 16.9. The van der Waals surface area contributed by atoms with E-state index in [1.54, 1.807) is 42.2 Å². The van der Waals surface area contributed by atoms with Crippen LogP contribution < -0.4 is 5.32 Å². The molecule has 1 aliphatic rings. The first-order chi connectivity index (χ1) is 12.1. The first-order valence-corrected chi connectivity index (χ1v) is 8.26. The Morgan fingerprint density at radius 3 is 2.36 bits per heavy atom. The summed E-state index contributed by atoms with van der Waals surface area (Å²) in [5.74, 6) is -0.556. The van der Waals surface area contributed by atoms with Crippen LogP contribution in [-0.4, -0.2) is 45.5 Å². The van der Waals surface area contributed by atoms with E-state index in [4.69, 9.17) is 0 Å². The van der Waals surface area contributed by atoms with E-state index in [1.165, 1.54) is 4.90 Å². The van der Waals surface area contributed by atoms with Crippen molar-refractivity contribution < 1.29 is 14.4 Å². The Hall–Kier alpha value is -2.96. The molecule has 1 N–H and O–H groups in total. The molecule has 2 heterocycles. The Labute approximate surface area is 145 Å². The van der Waals surface area contributed by atoms with Crippen LogP contribution in [0.2, 0.25) is 0 Å². The number of nitrogens with zero attached hydrogens (tertiary/aromatic N) is 3. The highest BCUT2D eigenvalue weighted by Gasteiger charge is 2.34. The number of imide groups is 1. The molecule has 0 saturated heterocycles. The molecule has 0 spiro atoms. The molecule has 1 aromatic heterocycles. The zero-order valence-electron chi connectivity index (χ0n) is 14.1. The van der Waals surface area contributed by atoms with Crippen LogP contribution in [0.3, 0.4) is 0 Å². The van der Waals surface area contributed by atoms with Crippen molar-refractivity contribution in [2.75, 3.05) is 13.1 Å². The number of amides is 3. The fraction of sp³-hybridized carbons (Fsp3) is 0.333. The van der Waals surface area contributed by atoms with Crippen molar-refractivity contribution in [2.24, 2.45) is 7.05 Å². The molecule has 7 heteroatoms. The topological polar surface area (TPSA) is 84.3 Å². The van der Waals surface area contributed by atoms with E-state index in [9.17, 15) is 14.4 Å². The van der Waals surface area contributed by atoms with E-state index in [2.05, 4.69) is 10.4 Å². The van der Waals surface area contributed by atoms with Gasteiger partial charge in [0.2, 0.25) is 5.91 Å². The lowest BCUT2D eigenvalue weighted by Gasteiger charge is -2.13. The second-order valence-electron chi connectivity index (χ2n) is 6.02. The maximum Gasteiger partial charge on any atom is 0.261 e. The highest BCUT2D eigenvalue weighted by molar-refractivity contribution is 6.21. The minimum Gasteiger partial charge on any atom is -0.356 e. The summed E-state index contributed by atoms with van der Waals surface area (Å²) < 4.78 is 1.66. The molecule has 0 aliphatic carbocycles. The number of hydrogen-bond donors (Lipinski definition) is 1. The van der Waals surface area contributed by atoms with Gasteiger partial charge in [0.1, 0.15) is 0 Å². The van der Waals surface area contributed by atoms with E-state index < -0.39 is 0 Å². The summed E-state index contributed by atoms with van der Waals surface area (Å²) in [5.41, 5.74) is 1.67. The summed E-state index contributed by atoms with van der Waals surface area (Å²) in [6.45, 7) is 0.872. The molecule has 0 radical (unpaired) electrons. The maximum absolute atomic E-state index is 12.2. The van der Waals surface area contributed by atoms with Crippen molar-refractivity contribution in [3.8, 4) is 0 Å². The Kier molecular flexibility index (Phi) is 4.92. The largest absolute Gasteiger partial charge is 0.356 e. The van der Waals surface area contributed by atoms with Crippen LogP contribution in [0.5, 0.6) is 0 Å². The molecule has 3 amide bonds. The highest BCUT2D eigenvalue weighted by atomic mass is 16.2. The summed E-state index contributed by atoms with van der Waals surface area (Å²) in [4.78, 5) is 37.5. The number of carbonyl (C=O) groups is 3. The van der Waals surface area contributed by atoms with Crippen LogP contribution >= 0.6 is 0 Å². The summed E-state index contributed by atoms with van der Waals surface area (Å²) in [6.07, 6.45) is 3.39. The number of fused-ring (bicyclic) bond motifs is 1. The summed E-state index contributed by atoms with van der Waals surface area (Å²) in [6, 6.07) is 8.66. The maximum atomic E-state index is 12.2. The third-order valence-corrected chi connectivity index (χ3v) is 4.12. The molecule has 0 saturated carbocycles. The van der Waals surface area contributed by atoms with Gasteiger partial charge in [0.25, 0.3) is 11.8 Å². The van der Waals surface area contributed by atoms with Crippen molar-refractivity contribution in [1.29, 1.82) is 0 Å². The Bertz CT molecular complexity index is 777. The normalized spacial score (nSPS) is 13.2. The van der Waals surface area contributed by atoms with Crippen molar-refractivity contribution in [2.45, 2.75) is 19.3 Å². The molecule has 7 nitrogen and oxygen atoms in total. The number of benzene rings is 1. The second-order valence-corrected chi connectivity index (χ2v) is 6.02. The fourth-order valence-electron chi connectivity index (χ4n) is 2.85. The lowest BCUT2D eigenvalue weighted by molar-refractivity contribution is -0.120. The number of aromatic nitrogens is 2. The third kappa shape index (κ3) is 3.76. The van der Waals surface area contributed by atoms with Gasteiger partial charge in [-0.2, -0.15) is 5.10 Å². The van der Waals surface area contributed by atoms with Gasteiger partial charge in [-0.05, 0) is 31.0 Å². The molecular weight excluding hydrogens is 320 g/mol. The summed E-state index contributed by atoms with van der Waals surface area (Å²) in [7, 11) is 1.81. The smallest absolute Gasteiger partial charge is 0.261 e. The monoisotopic (exact) mass is 340 g/mol. The molecule has 130 valence electrons. The van der Waals surface area contributed by atoms with Crippen LogP contribution in [0.1, 0.15) is 39.3 Å². The number of nitrogens with one attached hydrogen (secondary N) is 1. The van der Waals surface area contributed by atoms with Gasteiger partial charge in [0, 0.05) is 26.3 Å². The summed E-state index contributed by atoms with van der Waals surface area (Å²) >= 11 is 0. The van der Waals surface area contributed by atoms with Gasteiger partial charge in [-0.1, -0.05) is 12.1 Å². The number of rotatable bonds is 7. The number of carbonyl (C=O) groups excluding carboxylic acids is 3. The molecule has 25 heavy (non-hydrogen) atoms. The third-order valence-electron chi connectivity index (χ3n) is 4.12. The predicted octanol–water partition coefficient (Wildman–Crippen LogP) is 1.16. The minimum atomic E-state index is -0.236. The molecule has 0 unspecified atom stereocenters. The minimum absolute atomic E-state index is 0.0839. The lowest BCUT2D eigenvalue weighted by Crippen LogP contribution is -2.31. The lowest BCUT2D eigenvalue weighted by atomic mass is 10.1. The number of aryl methyl sites for hydroxylation is 1. The van der Waals surface area contributed by atoms with Crippen LogP contribution in [0.4, 0.5) is 0 Å². The summed E-state index contributed by atoms with van der Waals surface area (Å²) in [5, 5.41) is 6.99. The number of unbranched alkanes of at least 4 members (excludes halogenated alkanes) is 1. The first-order valence-electron chi connectivity index (χ1n) is 8.26. The van der Waals surface area contributed by atoms with Crippen molar-refractivity contribution in [3.05, 3.63) is 53.3 Å². The average Bonchev–Trinajstić information content (AvgIpc) is 3.11. The molecule has 0 atom stereocenters. The van der Waals surface area contributed by atoms with Crippen LogP contribution in [0, 0.1) is 0 Å². The van der Waals surface area contributed by atoms with Gasteiger partial charge in [0.05, 0.1) is 23.2 Å². The van der Waals surface area contributed by atoms with Crippen LogP contribution in [-0.2, 0) is 18.3 Å². The number of hydrogen-bond acceptors (Lipinski definition) is 4. The average molecular weight is 340 g/mol. The van der Waals surface area contributed by atoms with Gasteiger partial charge >= 0.3 is 0 Å². The Morgan fingerprint density at radius 1 is 1.08 bits per heavy atom. The molecular formula is C18H20N4O3. The van der Waals surface area contributed by atoms with Gasteiger partial charge in [0.15, 0.2) is 0 Å². The second kappa shape index (κ2) is 7.29. The van der Waals surface area contributed by atoms with Crippen LogP contribution in [0.15, 0.2) is 36.5 Å². The van der Waals surface area contributed by atoms with E-state index >= 15 is 0 Å². The standard InChI is InChI=1S/C18H20N4O3/c1-21-11-8-13(20-21)12-16(23)19-9-4-5-10-22-17(24)14-6-2-3-7-15(14)18(22)25/h2-3,6-8,11H,4-5,9-10,12H2,1H3,(H,19,23). The Morgan fingerprint density at radius 2 is 1.76 bits per heavy atom. The quantitative estimate of drug-likeness (QED) is 0.605. The van der Waals surface area contributed by atoms with E-state index in [-0.39, 0.29) is 24.1 Å². The zero-order valence-corrected chi connectivity index (χ0v) is 14.1. The van der Waals surface area contributed by atoms with E-state index in [0.717, 1.165) is 5.69 Å². The van der Waals surface area contributed by atoms with Gasteiger partial charge < -0.3 is 5.32 Å². The van der Waals surface area contributed by atoms with E-state index in [1.807, 2.05) is 6.07 Å². The zero-order chi connectivity index (χ0) is 17.8. The SMILES string of the molecule is Cn1ccc(CC(=O)NCCCCN2C(=O)c3ccccc3C2=O)n1. The van der Waals surface area contributed by atoms with E-state index in [0.29, 0.717) is 37.1 Å². The van der Waals surface area contributed by atoms with Gasteiger partial charge in [-0.15, -0.1) is 0 Å². The highest BCUT2D eigenvalue weighted by Crippen LogP contribution is 2.22. The van der Waals surface area contributed by atoms with Crippen LogP contribution in [0.25, 0.3) is 0 Å². The molecule has 2 aromatic rings. The molecule has 0 bridgehead atoms. The van der Waals surface area contributed by atoms with Crippen molar-refractivity contribution in [3.63, 3.8) is 0 Å². The molecule has 3 rings (SSSR count). The Balaban J connectivity index is 1.39. The molecule has 0 fully saturated rings. The predicted molar refractivity (Wildman–Crippen MR) is 91.0 cm³/mol. The van der Waals surface area contributed by atoms with Crippen molar-refractivity contribution >= 4 is 17.7 Å². The fourth-order valence-corrected chi connectivity index (χ4v) is 2.85. The molecule has 1 aromatic carbocycles. The van der Waals surface area contributed by atoms with Crippen molar-refractivity contribution in [1.82, 2.24) is 20.0 Å². The van der Waals surface area contributed by atoms with Gasteiger partial charge in [-0.25, -0.2) is 0 Å². The molecule has 1 aliphatic heterocycles.